The molecule has 1 aromatic heterocycles. The van der Waals surface area contributed by atoms with E-state index in [0.717, 1.165) is 37.4 Å². The summed E-state index contributed by atoms with van der Waals surface area (Å²) in [6.07, 6.45) is 3.17. The first kappa shape index (κ1) is 17.4. The number of rotatable bonds is 5. The van der Waals surface area contributed by atoms with Gasteiger partial charge in [-0.2, -0.15) is 0 Å². The van der Waals surface area contributed by atoms with Crippen LogP contribution in [0.15, 0.2) is 0 Å². The molecule has 2 atom stereocenters. The van der Waals surface area contributed by atoms with Crippen LogP contribution < -0.4 is 10.6 Å². The van der Waals surface area contributed by atoms with Gasteiger partial charge in [-0.3, -0.25) is 4.79 Å². The number of hydrogen-bond donors (Lipinski definition) is 2. The van der Waals surface area contributed by atoms with E-state index in [4.69, 9.17) is 4.74 Å². The van der Waals surface area contributed by atoms with E-state index in [1.54, 1.807) is 13.8 Å². The van der Waals surface area contributed by atoms with E-state index in [0.29, 0.717) is 17.2 Å². The van der Waals surface area contributed by atoms with Crippen LogP contribution in [0.4, 0.5) is 0 Å². The van der Waals surface area contributed by atoms with E-state index in [9.17, 15) is 9.59 Å². The van der Waals surface area contributed by atoms with Crippen molar-refractivity contribution in [3.05, 3.63) is 15.6 Å². The SMILES string of the molecule is CCOC(=O)c1sc(C(C)NC(=O)C2CC23CCNCC3)nc1C. The van der Waals surface area contributed by atoms with Gasteiger partial charge in [0, 0.05) is 5.92 Å². The lowest BCUT2D eigenvalue weighted by atomic mass is 9.91. The summed E-state index contributed by atoms with van der Waals surface area (Å²) in [5.74, 6) is -0.0873. The van der Waals surface area contributed by atoms with Crippen molar-refractivity contribution in [2.45, 2.75) is 46.1 Å². The van der Waals surface area contributed by atoms with Gasteiger partial charge in [0.05, 0.1) is 18.3 Å². The van der Waals surface area contributed by atoms with Crippen LogP contribution in [-0.2, 0) is 9.53 Å². The fourth-order valence-electron chi connectivity index (χ4n) is 3.56. The third kappa shape index (κ3) is 3.32. The van der Waals surface area contributed by atoms with Crippen molar-refractivity contribution in [3.8, 4) is 0 Å². The molecule has 2 N–H and O–H groups in total. The Hall–Kier alpha value is -1.47. The van der Waals surface area contributed by atoms with Crippen molar-refractivity contribution < 1.29 is 14.3 Å². The number of hydrogen-bond acceptors (Lipinski definition) is 6. The highest BCUT2D eigenvalue weighted by atomic mass is 32.1. The Labute approximate surface area is 146 Å². The number of carbonyl (C=O) groups is 2. The van der Waals surface area contributed by atoms with E-state index in [2.05, 4.69) is 15.6 Å². The Morgan fingerprint density at radius 1 is 1.46 bits per heavy atom. The van der Waals surface area contributed by atoms with E-state index < -0.39 is 0 Å². The van der Waals surface area contributed by atoms with Crippen molar-refractivity contribution >= 4 is 23.2 Å². The Morgan fingerprint density at radius 3 is 2.83 bits per heavy atom. The first-order valence-corrected chi connectivity index (χ1v) is 9.44. The molecule has 0 aromatic carbocycles. The summed E-state index contributed by atoms with van der Waals surface area (Å²) >= 11 is 1.31. The normalized spacial score (nSPS) is 22.9. The van der Waals surface area contributed by atoms with Gasteiger partial charge in [0.15, 0.2) is 0 Å². The summed E-state index contributed by atoms with van der Waals surface area (Å²) in [4.78, 5) is 29.4. The largest absolute Gasteiger partial charge is 0.462 e. The molecular formula is C17H25N3O3S. The average Bonchev–Trinajstić information content (AvgIpc) is 3.09. The molecule has 132 valence electrons. The number of esters is 1. The molecule has 7 heteroatoms. The topological polar surface area (TPSA) is 80.3 Å². The second-order valence-corrected chi connectivity index (χ2v) is 7.82. The van der Waals surface area contributed by atoms with Gasteiger partial charge in [-0.05, 0) is 58.5 Å². The average molecular weight is 351 g/mol. The van der Waals surface area contributed by atoms with Gasteiger partial charge in [0.1, 0.15) is 9.88 Å². The highest BCUT2D eigenvalue weighted by Crippen LogP contribution is 2.58. The lowest BCUT2D eigenvalue weighted by Crippen LogP contribution is -2.34. The predicted molar refractivity (Wildman–Crippen MR) is 92.0 cm³/mol. The molecule has 1 aliphatic heterocycles. The van der Waals surface area contributed by atoms with Gasteiger partial charge in [-0.15, -0.1) is 11.3 Å². The molecule has 0 radical (unpaired) electrons. The van der Waals surface area contributed by atoms with E-state index in [-0.39, 0.29) is 29.3 Å². The van der Waals surface area contributed by atoms with E-state index in [1.807, 2.05) is 6.92 Å². The lowest BCUT2D eigenvalue weighted by molar-refractivity contribution is -0.123. The smallest absolute Gasteiger partial charge is 0.350 e. The fourth-order valence-corrected chi connectivity index (χ4v) is 4.52. The molecule has 1 amide bonds. The fraction of sp³-hybridized carbons (Fsp3) is 0.706. The van der Waals surface area contributed by atoms with Crippen LogP contribution in [0.5, 0.6) is 0 Å². The van der Waals surface area contributed by atoms with Crippen LogP contribution in [0.2, 0.25) is 0 Å². The Balaban J connectivity index is 1.61. The van der Waals surface area contributed by atoms with Crippen molar-refractivity contribution in [1.82, 2.24) is 15.6 Å². The number of amides is 1. The van der Waals surface area contributed by atoms with Gasteiger partial charge >= 0.3 is 5.97 Å². The lowest BCUT2D eigenvalue weighted by Gasteiger charge is -2.23. The van der Waals surface area contributed by atoms with Gasteiger partial charge in [-0.25, -0.2) is 9.78 Å². The van der Waals surface area contributed by atoms with Crippen molar-refractivity contribution in [2.24, 2.45) is 11.3 Å². The summed E-state index contributed by atoms with van der Waals surface area (Å²) in [5.41, 5.74) is 0.889. The summed E-state index contributed by atoms with van der Waals surface area (Å²) < 4.78 is 5.04. The number of thiazole rings is 1. The number of aromatic nitrogens is 1. The van der Waals surface area contributed by atoms with Crippen LogP contribution in [0.25, 0.3) is 0 Å². The Bertz CT molecular complexity index is 637. The van der Waals surface area contributed by atoms with Crippen molar-refractivity contribution in [3.63, 3.8) is 0 Å². The Kier molecular flexibility index (Phi) is 4.92. The molecule has 1 aromatic rings. The molecule has 2 fully saturated rings. The Morgan fingerprint density at radius 2 is 2.17 bits per heavy atom. The molecule has 24 heavy (non-hydrogen) atoms. The number of ether oxygens (including phenoxy) is 1. The number of nitrogens with zero attached hydrogens (tertiary/aromatic N) is 1. The highest BCUT2D eigenvalue weighted by molar-refractivity contribution is 7.13. The van der Waals surface area contributed by atoms with Crippen LogP contribution in [0.1, 0.15) is 59.5 Å². The van der Waals surface area contributed by atoms with Gasteiger partial charge in [0.25, 0.3) is 0 Å². The predicted octanol–water partition coefficient (Wildman–Crippen LogP) is 2.20. The molecule has 1 spiro atoms. The summed E-state index contributed by atoms with van der Waals surface area (Å²) in [5, 5.41) is 7.18. The molecule has 1 saturated carbocycles. The highest BCUT2D eigenvalue weighted by Gasteiger charge is 2.57. The van der Waals surface area contributed by atoms with E-state index in [1.165, 1.54) is 11.3 Å². The molecule has 6 nitrogen and oxygen atoms in total. The standard InChI is InChI=1S/C17H25N3O3S/c1-4-23-16(22)13-10(2)20-15(24-13)11(3)19-14(21)12-9-17(12)5-7-18-8-6-17/h11-12,18H,4-9H2,1-3H3,(H,19,21). The summed E-state index contributed by atoms with van der Waals surface area (Å²) in [6.45, 7) is 7.86. The van der Waals surface area contributed by atoms with Crippen LogP contribution in [-0.4, -0.2) is 36.6 Å². The molecule has 3 rings (SSSR count). The first-order valence-electron chi connectivity index (χ1n) is 8.62. The maximum absolute atomic E-state index is 12.5. The number of aryl methyl sites for hydroxylation is 1. The van der Waals surface area contributed by atoms with Gasteiger partial charge < -0.3 is 15.4 Å². The van der Waals surface area contributed by atoms with Crippen molar-refractivity contribution in [2.75, 3.05) is 19.7 Å². The molecule has 0 bridgehead atoms. The zero-order chi connectivity index (χ0) is 17.3. The van der Waals surface area contributed by atoms with Gasteiger partial charge in [-0.1, -0.05) is 0 Å². The minimum absolute atomic E-state index is 0.120. The monoisotopic (exact) mass is 351 g/mol. The zero-order valence-corrected chi connectivity index (χ0v) is 15.3. The maximum Gasteiger partial charge on any atom is 0.350 e. The van der Waals surface area contributed by atoms with Crippen LogP contribution in [0.3, 0.4) is 0 Å². The molecule has 1 aliphatic carbocycles. The third-order valence-corrected chi connectivity index (χ3v) is 6.43. The minimum atomic E-state index is -0.340. The van der Waals surface area contributed by atoms with E-state index >= 15 is 0 Å². The summed E-state index contributed by atoms with van der Waals surface area (Å²) in [7, 11) is 0. The molecular weight excluding hydrogens is 326 g/mol. The molecule has 2 aliphatic rings. The van der Waals surface area contributed by atoms with Crippen LogP contribution >= 0.6 is 11.3 Å². The first-order chi connectivity index (χ1) is 11.5. The second kappa shape index (κ2) is 6.80. The number of nitrogens with one attached hydrogen (secondary N) is 2. The van der Waals surface area contributed by atoms with Gasteiger partial charge in [0.2, 0.25) is 5.91 Å². The molecule has 1 saturated heterocycles. The minimum Gasteiger partial charge on any atom is -0.462 e. The quantitative estimate of drug-likeness (QED) is 0.795. The molecule has 2 heterocycles. The number of piperidine rings is 1. The maximum atomic E-state index is 12.5. The van der Waals surface area contributed by atoms with Crippen molar-refractivity contribution in [1.29, 1.82) is 0 Å². The number of carbonyl (C=O) groups excluding carboxylic acids is 2. The summed E-state index contributed by atoms with van der Waals surface area (Å²) in [6, 6.07) is -0.191. The second-order valence-electron chi connectivity index (χ2n) is 6.79. The zero-order valence-electron chi connectivity index (χ0n) is 14.5. The van der Waals surface area contributed by atoms with Crippen LogP contribution in [0, 0.1) is 18.3 Å². The molecule has 2 unspecified atom stereocenters. The third-order valence-electron chi connectivity index (χ3n) is 5.11.